The van der Waals surface area contributed by atoms with Crippen molar-refractivity contribution in [2.75, 3.05) is 0 Å². The topological polar surface area (TPSA) is 42.8 Å². The van der Waals surface area contributed by atoms with E-state index in [-0.39, 0.29) is 0 Å². The summed E-state index contributed by atoms with van der Waals surface area (Å²) >= 11 is 2.37. The standard InChI is InChI=1S/C11H12IN3/c12-8-5-13-11-9(8)10(14-6-15-11)7-3-1-2-4-7/h5-7H,1-4H2,(H,13,14,15)/p+1. The average molecular weight is 314 g/mol. The number of aromatic nitrogens is 3. The van der Waals surface area contributed by atoms with Gasteiger partial charge in [-0.15, -0.1) is 4.98 Å². The van der Waals surface area contributed by atoms with E-state index < -0.39 is 0 Å². The maximum absolute atomic E-state index is 4.54. The Balaban J connectivity index is 2.19. The van der Waals surface area contributed by atoms with Crippen LogP contribution in [0.4, 0.5) is 0 Å². The molecule has 1 aliphatic carbocycles. The number of nitrogens with zero attached hydrogens (tertiary/aromatic N) is 1. The summed E-state index contributed by atoms with van der Waals surface area (Å²) < 4.78 is 1.27. The minimum atomic E-state index is 0.673. The largest absolute Gasteiger partial charge is 0.278 e. The summed E-state index contributed by atoms with van der Waals surface area (Å²) in [5, 5.41) is 1.30. The highest BCUT2D eigenvalue weighted by atomic mass is 127. The summed E-state index contributed by atoms with van der Waals surface area (Å²) in [5.41, 5.74) is 2.39. The van der Waals surface area contributed by atoms with E-state index in [1.54, 1.807) is 0 Å². The summed E-state index contributed by atoms with van der Waals surface area (Å²) in [6.45, 7) is 0. The van der Waals surface area contributed by atoms with Gasteiger partial charge in [-0.1, -0.05) is 12.8 Å². The van der Waals surface area contributed by atoms with Gasteiger partial charge in [-0.2, -0.15) is 0 Å². The number of halogens is 1. The molecule has 3 rings (SSSR count). The maximum Gasteiger partial charge on any atom is 0.235 e. The van der Waals surface area contributed by atoms with Gasteiger partial charge in [-0.05, 0) is 35.4 Å². The third-order valence-corrected chi connectivity index (χ3v) is 4.09. The zero-order valence-electron chi connectivity index (χ0n) is 8.39. The van der Waals surface area contributed by atoms with Crippen LogP contribution in [0.3, 0.4) is 0 Å². The van der Waals surface area contributed by atoms with E-state index in [2.05, 4.69) is 37.5 Å². The Morgan fingerprint density at radius 2 is 2.20 bits per heavy atom. The predicted octanol–water partition coefficient (Wildman–Crippen LogP) is 2.64. The second-order valence-electron chi connectivity index (χ2n) is 4.16. The Bertz CT molecular complexity index is 486. The van der Waals surface area contributed by atoms with E-state index in [4.69, 9.17) is 0 Å². The molecule has 15 heavy (non-hydrogen) atoms. The molecule has 1 aliphatic rings. The summed E-state index contributed by atoms with van der Waals surface area (Å²) in [6, 6.07) is 0. The number of H-pyrrole nitrogens is 2. The number of rotatable bonds is 1. The lowest BCUT2D eigenvalue weighted by Crippen LogP contribution is -2.09. The molecule has 0 aliphatic heterocycles. The van der Waals surface area contributed by atoms with Crippen molar-refractivity contribution in [3.05, 3.63) is 21.8 Å². The lowest BCUT2D eigenvalue weighted by molar-refractivity contribution is -0.352. The molecule has 3 nitrogen and oxygen atoms in total. The Kier molecular flexibility index (Phi) is 2.38. The summed E-state index contributed by atoms with van der Waals surface area (Å²) in [6.07, 6.45) is 9.16. The minimum Gasteiger partial charge on any atom is -0.278 e. The van der Waals surface area contributed by atoms with E-state index in [9.17, 15) is 0 Å². The number of aromatic amines is 2. The van der Waals surface area contributed by atoms with Crippen molar-refractivity contribution in [2.45, 2.75) is 31.6 Å². The average Bonchev–Trinajstić information content (AvgIpc) is 2.88. The number of nitrogens with one attached hydrogen (secondary N) is 2. The molecule has 0 radical (unpaired) electrons. The molecule has 0 aromatic carbocycles. The highest BCUT2D eigenvalue weighted by molar-refractivity contribution is 14.1. The van der Waals surface area contributed by atoms with E-state index in [0.717, 1.165) is 5.65 Å². The quantitative estimate of drug-likeness (QED) is 0.808. The molecule has 0 amide bonds. The molecule has 4 heteroatoms. The first-order valence-corrected chi connectivity index (χ1v) is 6.47. The molecule has 0 atom stereocenters. The van der Waals surface area contributed by atoms with Gasteiger partial charge in [0.15, 0.2) is 0 Å². The van der Waals surface area contributed by atoms with Crippen LogP contribution < -0.4 is 4.98 Å². The Labute approximate surface area is 102 Å². The van der Waals surface area contributed by atoms with Crippen molar-refractivity contribution in [2.24, 2.45) is 0 Å². The van der Waals surface area contributed by atoms with Gasteiger partial charge >= 0.3 is 0 Å². The first kappa shape index (κ1) is 9.57. The molecule has 0 spiro atoms. The van der Waals surface area contributed by atoms with E-state index in [1.165, 1.54) is 40.3 Å². The van der Waals surface area contributed by atoms with Crippen LogP contribution in [0.1, 0.15) is 37.3 Å². The van der Waals surface area contributed by atoms with Crippen LogP contribution in [0.2, 0.25) is 0 Å². The molecule has 1 fully saturated rings. The van der Waals surface area contributed by atoms with Crippen LogP contribution in [0.25, 0.3) is 11.0 Å². The number of fused-ring (bicyclic) bond motifs is 1. The van der Waals surface area contributed by atoms with E-state index in [1.807, 2.05) is 12.5 Å². The lowest BCUT2D eigenvalue weighted by Gasteiger charge is -2.04. The molecule has 0 unspecified atom stereocenters. The van der Waals surface area contributed by atoms with Crippen LogP contribution in [0, 0.1) is 3.57 Å². The van der Waals surface area contributed by atoms with Gasteiger partial charge < -0.3 is 0 Å². The van der Waals surface area contributed by atoms with Gasteiger partial charge in [-0.3, -0.25) is 4.98 Å². The molecule has 2 aromatic rings. The fourth-order valence-electron chi connectivity index (χ4n) is 2.50. The summed E-state index contributed by atoms with van der Waals surface area (Å²) in [7, 11) is 0. The third kappa shape index (κ3) is 1.55. The van der Waals surface area contributed by atoms with Crippen LogP contribution in [-0.4, -0.2) is 9.97 Å². The maximum atomic E-state index is 4.54. The van der Waals surface area contributed by atoms with Crippen molar-refractivity contribution >= 4 is 33.6 Å². The molecule has 0 bridgehead atoms. The van der Waals surface area contributed by atoms with Gasteiger partial charge in [0.05, 0.1) is 9.77 Å². The Morgan fingerprint density at radius 1 is 1.40 bits per heavy atom. The van der Waals surface area contributed by atoms with Crippen molar-refractivity contribution in [1.29, 1.82) is 0 Å². The van der Waals surface area contributed by atoms with Crippen LogP contribution >= 0.6 is 22.6 Å². The van der Waals surface area contributed by atoms with Crippen LogP contribution in [-0.2, 0) is 0 Å². The molecule has 2 aromatic heterocycles. The molecular formula is C11H13IN3+. The smallest absolute Gasteiger partial charge is 0.235 e. The molecule has 2 heterocycles. The van der Waals surface area contributed by atoms with Crippen molar-refractivity contribution in [3.63, 3.8) is 0 Å². The second-order valence-corrected chi connectivity index (χ2v) is 5.32. The Hall–Kier alpha value is -0.650. The van der Waals surface area contributed by atoms with Crippen molar-refractivity contribution in [1.82, 2.24) is 9.97 Å². The highest BCUT2D eigenvalue weighted by Gasteiger charge is 2.25. The van der Waals surface area contributed by atoms with Crippen molar-refractivity contribution < 1.29 is 4.98 Å². The molecule has 78 valence electrons. The van der Waals surface area contributed by atoms with Gasteiger partial charge in [0, 0.05) is 5.92 Å². The van der Waals surface area contributed by atoms with Crippen LogP contribution in [0.5, 0.6) is 0 Å². The van der Waals surface area contributed by atoms with Gasteiger partial charge in [0.25, 0.3) is 0 Å². The lowest BCUT2D eigenvalue weighted by atomic mass is 10.0. The fourth-order valence-corrected chi connectivity index (χ4v) is 3.20. The molecule has 2 N–H and O–H groups in total. The second kappa shape index (κ2) is 3.73. The molecule has 0 saturated heterocycles. The van der Waals surface area contributed by atoms with Gasteiger partial charge in [0.2, 0.25) is 12.0 Å². The highest BCUT2D eigenvalue weighted by Crippen LogP contribution is 2.36. The number of hydrogen-bond donors (Lipinski definition) is 1. The first-order chi connectivity index (χ1) is 7.36. The van der Waals surface area contributed by atoms with E-state index >= 15 is 0 Å². The zero-order valence-corrected chi connectivity index (χ0v) is 10.5. The molecular weight excluding hydrogens is 301 g/mol. The zero-order chi connectivity index (χ0) is 10.3. The summed E-state index contributed by atoms with van der Waals surface area (Å²) in [5.74, 6) is 0.673. The molecule has 1 saturated carbocycles. The minimum absolute atomic E-state index is 0.673. The van der Waals surface area contributed by atoms with Crippen molar-refractivity contribution in [3.8, 4) is 0 Å². The van der Waals surface area contributed by atoms with Gasteiger partial charge in [0.1, 0.15) is 11.1 Å². The Morgan fingerprint density at radius 3 is 3.00 bits per heavy atom. The fraction of sp³-hybridized carbons (Fsp3) is 0.455. The first-order valence-electron chi connectivity index (χ1n) is 5.39. The summed E-state index contributed by atoms with van der Waals surface area (Å²) in [4.78, 5) is 11.0. The van der Waals surface area contributed by atoms with Crippen LogP contribution in [0.15, 0.2) is 12.5 Å². The normalized spacial score (nSPS) is 17.7. The van der Waals surface area contributed by atoms with Gasteiger partial charge in [-0.25, -0.2) is 4.98 Å². The van der Waals surface area contributed by atoms with E-state index in [0.29, 0.717) is 5.92 Å². The number of hydrogen-bond acceptors (Lipinski definition) is 1. The SMILES string of the molecule is Ic1c[nH]c2[nH+]cnc(C3CCCC3)c12. The third-order valence-electron chi connectivity index (χ3n) is 3.24. The monoisotopic (exact) mass is 314 g/mol. The predicted molar refractivity (Wildman–Crippen MR) is 66.6 cm³/mol.